The third kappa shape index (κ3) is 4.61. The van der Waals surface area contributed by atoms with Crippen molar-refractivity contribution in [2.45, 2.75) is 39.3 Å². The van der Waals surface area contributed by atoms with Crippen LogP contribution in [-0.4, -0.2) is 31.6 Å². The maximum Gasteiger partial charge on any atom is 0.239 e. The predicted octanol–water partition coefficient (Wildman–Crippen LogP) is 2.55. The number of likely N-dealkylation sites (N-methyl/N-ethyl adjacent to an activating group) is 2. The van der Waals surface area contributed by atoms with Crippen LogP contribution in [0.4, 0.5) is 5.69 Å². The van der Waals surface area contributed by atoms with Gasteiger partial charge < -0.3 is 15.5 Å². The highest BCUT2D eigenvalue weighted by atomic mass is 35.5. The summed E-state index contributed by atoms with van der Waals surface area (Å²) in [5, 5.41) is 7.06. The van der Waals surface area contributed by atoms with E-state index in [1.807, 2.05) is 30.9 Å². The van der Waals surface area contributed by atoms with Gasteiger partial charge in [0, 0.05) is 25.7 Å². The van der Waals surface area contributed by atoms with E-state index in [2.05, 4.69) is 16.7 Å². The summed E-state index contributed by atoms with van der Waals surface area (Å²) in [6.07, 6.45) is 2.51. The maximum absolute atomic E-state index is 11.9. The van der Waals surface area contributed by atoms with Crippen molar-refractivity contribution in [3.05, 3.63) is 28.8 Å². The lowest BCUT2D eigenvalue weighted by atomic mass is 10.1. The molecule has 116 valence electrons. The Morgan fingerprint density at radius 3 is 2.76 bits per heavy atom. The summed E-state index contributed by atoms with van der Waals surface area (Å²) < 4.78 is 0. The van der Waals surface area contributed by atoms with E-state index in [0.29, 0.717) is 24.2 Å². The third-order valence-corrected chi connectivity index (χ3v) is 3.94. The molecule has 1 aromatic rings. The van der Waals surface area contributed by atoms with Crippen molar-refractivity contribution in [1.82, 2.24) is 10.6 Å². The van der Waals surface area contributed by atoms with Crippen molar-refractivity contribution in [3.8, 4) is 0 Å². The summed E-state index contributed by atoms with van der Waals surface area (Å²) in [7, 11) is 0. The highest BCUT2D eigenvalue weighted by molar-refractivity contribution is 6.33. The van der Waals surface area contributed by atoms with E-state index in [1.54, 1.807) is 0 Å². The van der Waals surface area contributed by atoms with E-state index in [1.165, 1.54) is 12.8 Å². The fourth-order valence-corrected chi connectivity index (χ4v) is 2.69. The van der Waals surface area contributed by atoms with Crippen LogP contribution in [0.1, 0.15) is 32.3 Å². The number of para-hydroxylation sites is 1. The molecular weight excluding hydrogens is 286 g/mol. The molecule has 0 aromatic heterocycles. The Balaban J connectivity index is 2.14. The van der Waals surface area contributed by atoms with Crippen molar-refractivity contribution in [1.29, 1.82) is 0 Å². The number of carbonyl (C=O) groups is 1. The molecule has 1 amide bonds. The zero-order valence-electron chi connectivity index (χ0n) is 12.8. The largest absolute Gasteiger partial charge is 0.361 e. The van der Waals surface area contributed by atoms with Crippen LogP contribution in [0.2, 0.25) is 5.02 Å². The van der Waals surface area contributed by atoms with Gasteiger partial charge in [0.05, 0.1) is 17.3 Å². The smallest absolute Gasteiger partial charge is 0.239 e. The molecule has 1 fully saturated rings. The Morgan fingerprint density at radius 2 is 2.14 bits per heavy atom. The Hall–Kier alpha value is -1.26. The van der Waals surface area contributed by atoms with Gasteiger partial charge >= 0.3 is 0 Å². The lowest BCUT2D eigenvalue weighted by molar-refractivity contribution is -0.119. The number of hydrogen-bond acceptors (Lipinski definition) is 3. The van der Waals surface area contributed by atoms with E-state index in [4.69, 9.17) is 11.6 Å². The van der Waals surface area contributed by atoms with Crippen molar-refractivity contribution in [2.75, 3.05) is 24.5 Å². The number of rotatable bonds is 8. The van der Waals surface area contributed by atoms with Gasteiger partial charge in [-0.25, -0.2) is 0 Å². The summed E-state index contributed by atoms with van der Waals surface area (Å²) in [6, 6.07) is 6.58. The minimum atomic E-state index is 0.0281. The van der Waals surface area contributed by atoms with Gasteiger partial charge in [-0.05, 0) is 38.3 Å². The zero-order chi connectivity index (χ0) is 15.2. The number of anilines is 1. The third-order valence-electron chi connectivity index (χ3n) is 3.64. The predicted molar refractivity (Wildman–Crippen MR) is 87.9 cm³/mol. The van der Waals surface area contributed by atoms with E-state index >= 15 is 0 Å². The molecule has 1 aliphatic carbocycles. The first-order valence-electron chi connectivity index (χ1n) is 7.68. The molecule has 1 aliphatic rings. The van der Waals surface area contributed by atoms with Crippen LogP contribution in [-0.2, 0) is 11.3 Å². The molecule has 5 heteroatoms. The van der Waals surface area contributed by atoms with Crippen LogP contribution in [0, 0.1) is 0 Å². The summed E-state index contributed by atoms with van der Waals surface area (Å²) >= 11 is 6.39. The molecule has 2 rings (SSSR count). The minimum Gasteiger partial charge on any atom is -0.361 e. The molecular formula is C16H24ClN3O. The van der Waals surface area contributed by atoms with Gasteiger partial charge in [0.2, 0.25) is 5.91 Å². The number of nitrogens with zero attached hydrogens (tertiary/aromatic N) is 1. The molecule has 21 heavy (non-hydrogen) atoms. The Labute approximate surface area is 131 Å². The fraction of sp³-hybridized carbons (Fsp3) is 0.562. The van der Waals surface area contributed by atoms with Gasteiger partial charge in [-0.1, -0.05) is 23.7 Å². The first-order chi connectivity index (χ1) is 10.2. The van der Waals surface area contributed by atoms with Crippen molar-refractivity contribution >= 4 is 23.2 Å². The second-order valence-electron chi connectivity index (χ2n) is 5.37. The zero-order valence-corrected chi connectivity index (χ0v) is 13.5. The summed E-state index contributed by atoms with van der Waals surface area (Å²) in [5.74, 6) is 0.0281. The van der Waals surface area contributed by atoms with Crippen molar-refractivity contribution < 1.29 is 4.79 Å². The van der Waals surface area contributed by atoms with E-state index in [0.717, 1.165) is 24.3 Å². The van der Waals surface area contributed by atoms with Crippen molar-refractivity contribution in [3.63, 3.8) is 0 Å². The topological polar surface area (TPSA) is 44.4 Å². The van der Waals surface area contributed by atoms with E-state index in [-0.39, 0.29) is 5.91 Å². The highest BCUT2D eigenvalue weighted by Crippen LogP contribution is 2.30. The lowest BCUT2D eigenvalue weighted by Gasteiger charge is -2.26. The molecule has 0 heterocycles. The van der Waals surface area contributed by atoms with Crippen LogP contribution in [0.3, 0.4) is 0 Å². The molecule has 1 saturated carbocycles. The SMILES string of the molecule is CCNC(=O)CN(CC)c1c(Cl)cccc1CNC1CC1. The summed E-state index contributed by atoms with van der Waals surface area (Å²) in [5.41, 5.74) is 2.13. The molecule has 0 unspecified atom stereocenters. The molecule has 0 atom stereocenters. The van der Waals surface area contributed by atoms with Gasteiger partial charge in [-0.15, -0.1) is 0 Å². The lowest BCUT2D eigenvalue weighted by Crippen LogP contribution is -2.38. The van der Waals surface area contributed by atoms with Gasteiger partial charge in [-0.2, -0.15) is 0 Å². The van der Waals surface area contributed by atoms with Crippen LogP contribution in [0.5, 0.6) is 0 Å². The van der Waals surface area contributed by atoms with Gasteiger partial charge in [-0.3, -0.25) is 4.79 Å². The molecule has 0 spiro atoms. The monoisotopic (exact) mass is 309 g/mol. The number of nitrogens with one attached hydrogen (secondary N) is 2. The van der Waals surface area contributed by atoms with Crippen LogP contribution in [0.25, 0.3) is 0 Å². The molecule has 0 saturated heterocycles. The van der Waals surface area contributed by atoms with Gasteiger partial charge in [0.1, 0.15) is 0 Å². The molecule has 2 N–H and O–H groups in total. The second-order valence-corrected chi connectivity index (χ2v) is 5.78. The Kier molecular flexibility index (Phi) is 5.88. The molecule has 0 radical (unpaired) electrons. The fourth-order valence-electron chi connectivity index (χ4n) is 2.37. The van der Waals surface area contributed by atoms with Gasteiger partial charge in [0.25, 0.3) is 0 Å². The Morgan fingerprint density at radius 1 is 1.38 bits per heavy atom. The molecule has 4 nitrogen and oxygen atoms in total. The normalized spacial score (nSPS) is 14.0. The maximum atomic E-state index is 11.9. The van der Waals surface area contributed by atoms with Crippen molar-refractivity contribution in [2.24, 2.45) is 0 Å². The summed E-state index contributed by atoms with van der Waals surface area (Å²) in [4.78, 5) is 13.9. The molecule has 0 aliphatic heterocycles. The minimum absolute atomic E-state index is 0.0281. The van der Waals surface area contributed by atoms with Crippen LogP contribution in [0.15, 0.2) is 18.2 Å². The van der Waals surface area contributed by atoms with Gasteiger partial charge in [0.15, 0.2) is 0 Å². The molecule has 1 aromatic carbocycles. The first kappa shape index (κ1) is 16.1. The Bertz CT molecular complexity index is 488. The second kappa shape index (κ2) is 7.66. The number of hydrogen-bond donors (Lipinski definition) is 2. The van der Waals surface area contributed by atoms with E-state index in [9.17, 15) is 4.79 Å². The quantitative estimate of drug-likeness (QED) is 0.775. The number of amides is 1. The van der Waals surface area contributed by atoms with E-state index < -0.39 is 0 Å². The van der Waals surface area contributed by atoms with Crippen LogP contribution >= 0.6 is 11.6 Å². The summed E-state index contributed by atoms with van der Waals surface area (Å²) in [6.45, 7) is 6.50. The number of benzene rings is 1. The standard InChI is InChI=1S/C16H24ClN3O/c1-3-18-15(21)11-20(4-2)16-12(6-5-7-14(16)17)10-19-13-8-9-13/h5-7,13,19H,3-4,8-11H2,1-2H3,(H,18,21). The first-order valence-corrected chi connectivity index (χ1v) is 8.05. The molecule has 0 bridgehead atoms. The average molecular weight is 310 g/mol. The van der Waals surface area contributed by atoms with Crippen LogP contribution < -0.4 is 15.5 Å². The highest BCUT2D eigenvalue weighted by Gasteiger charge is 2.22. The number of carbonyl (C=O) groups excluding carboxylic acids is 1. The number of halogens is 1. The average Bonchev–Trinajstić information content (AvgIpc) is 3.27.